The number of hydrogen-bond acceptors (Lipinski definition) is 1. The van der Waals surface area contributed by atoms with Gasteiger partial charge in [-0.05, 0) is 80.1 Å². The van der Waals surface area contributed by atoms with Gasteiger partial charge >= 0.3 is 0 Å². The average Bonchev–Trinajstić information content (AvgIpc) is 2.79. The van der Waals surface area contributed by atoms with E-state index in [-0.39, 0.29) is 0 Å². The van der Waals surface area contributed by atoms with Crippen LogP contribution in [0.4, 0.5) is 0 Å². The van der Waals surface area contributed by atoms with Gasteiger partial charge in [-0.3, -0.25) is 4.79 Å². The van der Waals surface area contributed by atoms with Crippen LogP contribution in [0.3, 0.4) is 0 Å². The maximum absolute atomic E-state index is 11.6. The molecule has 5 atom stereocenters. The molecule has 0 radical (unpaired) electrons. The molecule has 104 valence electrons. The van der Waals surface area contributed by atoms with Crippen LogP contribution in [0.25, 0.3) is 0 Å². The van der Waals surface area contributed by atoms with Crippen LogP contribution < -0.4 is 0 Å². The van der Waals surface area contributed by atoms with Gasteiger partial charge in [0.2, 0.25) is 0 Å². The standard InChI is InChI=1S/C18H26O/c1-18-9-2-3-17(18)16-6-4-12-11-13(19)5-7-14(12)15(16)8-10-18/h11,14-17H,2-10H2,1H3/t14-,15?,16?,17?,18-/m0/s1. The van der Waals surface area contributed by atoms with Gasteiger partial charge in [-0.1, -0.05) is 18.9 Å². The predicted molar refractivity (Wildman–Crippen MR) is 76.7 cm³/mol. The maximum atomic E-state index is 11.6. The van der Waals surface area contributed by atoms with E-state index in [9.17, 15) is 4.79 Å². The Labute approximate surface area is 116 Å². The minimum Gasteiger partial charge on any atom is -0.295 e. The molecule has 3 fully saturated rings. The second kappa shape index (κ2) is 4.20. The van der Waals surface area contributed by atoms with Gasteiger partial charge in [0.1, 0.15) is 0 Å². The molecule has 1 heteroatoms. The summed E-state index contributed by atoms with van der Waals surface area (Å²) in [6, 6.07) is 0. The highest BCUT2D eigenvalue weighted by Crippen LogP contribution is 2.61. The SMILES string of the molecule is C[C@@]12CCCC1C1CCC3=CC(=O)CC[C@@H]3C1CC2. The van der Waals surface area contributed by atoms with Gasteiger partial charge in [-0.2, -0.15) is 0 Å². The van der Waals surface area contributed by atoms with Crippen LogP contribution in [0.1, 0.15) is 64.7 Å². The Morgan fingerprint density at radius 2 is 1.95 bits per heavy atom. The molecule has 3 unspecified atom stereocenters. The monoisotopic (exact) mass is 258 g/mol. The molecule has 0 N–H and O–H groups in total. The third kappa shape index (κ3) is 1.76. The first kappa shape index (κ1) is 12.2. The zero-order valence-corrected chi connectivity index (χ0v) is 12.2. The van der Waals surface area contributed by atoms with E-state index in [0.29, 0.717) is 11.2 Å². The van der Waals surface area contributed by atoms with E-state index in [4.69, 9.17) is 0 Å². The Kier molecular flexibility index (Phi) is 2.69. The van der Waals surface area contributed by atoms with Crippen LogP contribution in [-0.4, -0.2) is 5.78 Å². The van der Waals surface area contributed by atoms with Crippen molar-refractivity contribution in [2.75, 3.05) is 0 Å². The van der Waals surface area contributed by atoms with E-state index in [1.165, 1.54) is 50.5 Å². The van der Waals surface area contributed by atoms with Gasteiger partial charge in [0.15, 0.2) is 5.78 Å². The maximum Gasteiger partial charge on any atom is 0.155 e. The lowest BCUT2D eigenvalue weighted by molar-refractivity contribution is -0.116. The van der Waals surface area contributed by atoms with Crippen molar-refractivity contribution < 1.29 is 4.79 Å². The highest BCUT2D eigenvalue weighted by atomic mass is 16.1. The third-order valence-electron chi connectivity index (χ3n) is 7.08. The van der Waals surface area contributed by atoms with Crippen molar-refractivity contribution in [1.29, 1.82) is 0 Å². The average molecular weight is 258 g/mol. The summed E-state index contributed by atoms with van der Waals surface area (Å²) in [6.45, 7) is 2.57. The molecular weight excluding hydrogens is 232 g/mol. The van der Waals surface area contributed by atoms with Gasteiger partial charge in [-0.15, -0.1) is 0 Å². The molecule has 0 aliphatic heterocycles. The summed E-state index contributed by atoms with van der Waals surface area (Å²) in [5.74, 6) is 4.08. The first-order chi connectivity index (χ1) is 9.17. The summed E-state index contributed by atoms with van der Waals surface area (Å²) < 4.78 is 0. The molecule has 3 saturated carbocycles. The Bertz CT molecular complexity index is 435. The lowest BCUT2D eigenvalue weighted by atomic mass is 9.52. The summed E-state index contributed by atoms with van der Waals surface area (Å²) in [5.41, 5.74) is 2.20. The molecule has 0 spiro atoms. The van der Waals surface area contributed by atoms with Crippen molar-refractivity contribution in [1.82, 2.24) is 0 Å². The first-order valence-corrected chi connectivity index (χ1v) is 8.41. The van der Waals surface area contributed by atoms with Crippen LogP contribution in [-0.2, 0) is 4.79 Å². The van der Waals surface area contributed by atoms with Crippen molar-refractivity contribution in [3.8, 4) is 0 Å². The number of carbonyl (C=O) groups is 1. The molecule has 4 aliphatic carbocycles. The van der Waals surface area contributed by atoms with Crippen molar-refractivity contribution in [3.05, 3.63) is 11.6 Å². The number of ketones is 1. The van der Waals surface area contributed by atoms with Crippen LogP contribution in [0.5, 0.6) is 0 Å². The molecule has 19 heavy (non-hydrogen) atoms. The minimum absolute atomic E-state index is 0.395. The largest absolute Gasteiger partial charge is 0.295 e. The summed E-state index contributed by atoms with van der Waals surface area (Å²) in [6.07, 6.45) is 13.9. The number of allylic oxidation sites excluding steroid dienone is 1. The van der Waals surface area contributed by atoms with E-state index >= 15 is 0 Å². The Morgan fingerprint density at radius 3 is 2.84 bits per heavy atom. The highest BCUT2D eigenvalue weighted by molar-refractivity contribution is 5.91. The minimum atomic E-state index is 0.395. The van der Waals surface area contributed by atoms with E-state index < -0.39 is 0 Å². The Morgan fingerprint density at radius 1 is 1.05 bits per heavy atom. The first-order valence-electron chi connectivity index (χ1n) is 8.41. The van der Waals surface area contributed by atoms with Crippen LogP contribution in [0, 0.1) is 29.1 Å². The molecule has 0 aromatic carbocycles. The van der Waals surface area contributed by atoms with Crippen molar-refractivity contribution in [2.24, 2.45) is 29.1 Å². The second-order valence-corrected chi connectivity index (χ2v) is 7.89. The Balaban J connectivity index is 1.63. The molecule has 0 heterocycles. The fraction of sp³-hybridized carbons (Fsp3) is 0.833. The number of carbonyl (C=O) groups excluding carboxylic acids is 1. The van der Waals surface area contributed by atoms with Crippen molar-refractivity contribution in [2.45, 2.75) is 64.7 Å². The normalized spacial score (nSPS) is 49.1. The third-order valence-corrected chi connectivity index (χ3v) is 7.08. The quantitative estimate of drug-likeness (QED) is 0.624. The summed E-state index contributed by atoms with van der Waals surface area (Å²) in [5, 5.41) is 0. The molecule has 0 saturated heterocycles. The van der Waals surface area contributed by atoms with Gasteiger partial charge in [0.05, 0.1) is 0 Å². The molecule has 0 bridgehead atoms. The van der Waals surface area contributed by atoms with Gasteiger partial charge < -0.3 is 0 Å². The zero-order chi connectivity index (χ0) is 13.0. The molecule has 4 rings (SSSR count). The Hall–Kier alpha value is -0.590. The van der Waals surface area contributed by atoms with Gasteiger partial charge in [0.25, 0.3) is 0 Å². The van der Waals surface area contributed by atoms with Gasteiger partial charge in [-0.25, -0.2) is 0 Å². The molecule has 0 amide bonds. The van der Waals surface area contributed by atoms with Crippen molar-refractivity contribution in [3.63, 3.8) is 0 Å². The summed E-state index contributed by atoms with van der Waals surface area (Å²) in [7, 11) is 0. The second-order valence-electron chi connectivity index (χ2n) is 7.89. The lowest BCUT2D eigenvalue weighted by Gasteiger charge is -2.52. The summed E-state index contributed by atoms with van der Waals surface area (Å²) in [4.78, 5) is 11.6. The molecule has 0 aromatic rings. The molecular formula is C18H26O. The fourth-order valence-electron chi connectivity index (χ4n) is 6.17. The zero-order valence-electron chi connectivity index (χ0n) is 12.2. The van der Waals surface area contributed by atoms with E-state index in [1.54, 1.807) is 0 Å². The number of rotatable bonds is 0. The van der Waals surface area contributed by atoms with E-state index in [1.807, 2.05) is 6.08 Å². The lowest BCUT2D eigenvalue weighted by Crippen LogP contribution is -2.44. The van der Waals surface area contributed by atoms with Crippen LogP contribution >= 0.6 is 0 Å². The van der Waals surface area contributed by atoms with E-state index in [2.05, 4.69) is 6.92 Å². The fourth-order valence-corrected chi connectivity index (χ4v) is 6.17. The van der Waals surface area contributed by atoms with E-state index in [0.717, 1.165) is 36.5 Å². The molecule has 1 nitrogen and oxygen atoms in total. The number of hydrogen-bond donors (Lipinski definition) is 0. The molecule has 4 aliphatic rings. The summed E-state index contributed by atoms with van der Waals surface area (Å²) >= 11 is 0. The number of fused-ring (bicyclic) bond motifs is 5. The van der Waals surface area contributed by atoms with Crippen molar-refractivity contribution >= 4 is 5.78 Å². The molecule has 0 aromatic heterocycles. The van der Waals surface area contributed by atoms with Crippen LogP contribution in [0.2, 0.25) is 0 Å². The van der Waals surface area contributed by atoms with Crippen LogP contribution in [0.15, 0.2) is 11.6 Å². The topological polar surface area (TPSA) is 17.1 Å². The smallest absolute Gasteiger partial charge is 0.155 e. The predicted octanol–water partition coefficient (Wildman–Crippen LogP) is 4.52. The highest BCUT2D eigenvalue weighted by Gasteiger charge is 2.52. The van der Waals surface area contributed by atoms with Gasteiger partial charge in [0, 0.05) is 6.42 Å².